The van der Waals surface area contributed by atoms with Crippen LogP contribution in [0.15, 0.2) is 79.3 Å². The van der Waals surface area contributed by atoms with E-state index in [0.29, 0.717) is 16.6 Å². The summed E-state index contributed by atoms with van der Waals surface area (Å²) in [5, 5.41) is 14.9. The number of anilines is 1. The van der Waals surface area contributed by atoms with Crippen molar-refractivity contribution in [2.24, 2.45) is 0 Å². The third kappa shape index (κ3) is 2.95. The Hall–Kier alpha value is -3.47. The Balaban J connectivity index is 1.88. The molecule has 2 aromatic heterocycles. The van der Waals surface area contributed by atoms with Crippen LogP contribution in [0.4, 0.5) is 10.1 Å². The molecule has 2 aromatic carbocycles. The highest BCUT2D eigenvalue weighted by atomic mass is 19.1. The van der Waals surface area contributed by atoms with Crippen molar-refractivity contribution in [2.75, 3.05) is 5.32 Å². The van der Waals surface area contributed by atoms with Gasteiger partial charge in [0.2, 0.25) is 0 Å². The van der Waals surface area contributed by atoms with Crippen molar-refractivity contribution >= 4 is 16.6 Å². The lowest BCUT2D eigenvalue weighted by Gasteiger charge is -2.22. The molecule has 0 aliphatic carbocycles. The van der Waals surface area contributed by atoms with Gasteiger partial charge >= 0.3 is 0 Å². The molecule has 4 nitrogen and oxygen atoms in total. The second-order valence-corrected chi connectivity index (χ2v) is 5.92. The third-order valence-corrected chi connectivity index (χ3v) is 4.28. The lowest BCUT2D eigenvalue weighted by molar-refractivity contribution is 0.471. The van der Waals surface area contributed by atoms with Gasteiger partial charge in [-0.1, -0.05) is 36.4 Å². The highest BCUT2D eigenvalue weighted by Crippen LogP contribution is 2.37. The van der Waals surface area contributed by atoms with Crippen LogP contribution in [0.5, 0.6) is 5.75 Å². The second kappa shape index (κ2) is 6.80. The molecule has 0 radical (unpaired) electrons. The molecular formula is C21H16FN3O. The fourth-order valence-electron chi connectivity index (χ4n) is 3.03. The van der Waals surface area contributed by atoms with Gasteiger partial charge in [0, 0.05) is 35.1 Å². The zero-order valence-electron chi connectivity index (χ0n) is 13.8. The van der Waals surface area contributed by atoms with Gasteiger partial charge in [0.1, 0.15) is 17.1 Å². The van der Waals surface area contributed by atoms with Crippen molar-refractivity contribution in [3.63, 3.8) is 0 Å². The zero-order chi connectivity index (χ0) is 17.9. The van der Waals surface area contributed by atoms with Gasteiger partial charge in [-0.05, 0) is 24.3 Å². The summed E-state index contributed by atoms with van der Waals surface area (Å²) >= 11 is 0. The molecule has 0 unspecified atom stereocenters. The number of pyridine rings is 2. The van der Waals surface area contributed by atoms with E-state index in [-0.39, 0.29) is 11.6 Å². The molecule has 0 saturated heterocycles. The average molecular weight is 345 g/mol. The number of rotatable bonds is 4. The van der Waals surface area contributed by atoms with Gasteiger partial charge in [0.15, 0.2) is 0 Å². The molecule has 26 heavy (non-hydrogen) atoms. The van der Waals surface area contributed by atoms with Crippen LogP contribution >= 0.6 is 0 Å². The van der Waals surface area contributed by atoms with Crippen molar-refractivity contribution in [1.82, 2.24) is 9.97 Å². The van der Waals surface area contributed by atoms with E-state index < -0.39 is 6.04 Å². The van der Waals surface area contributed by atoms with Gasteiger partial charge in [-0.25, -0.2) is 4.39 Å². The van der Waals surface area contributed by atoms with Gasteiger partial charge in [-0.2, -0.15) is 0 Å². The second-order valence-electron chi connectivity index (χ2n) is 5.92. The van der Waals surface area contributed by atoms with Crippen LogP contribution in [0.3, 0.4) is 0 Å². The van der Waals surface area contributed by atoms with Gasteiger partial charge in [0.25, 0.3) is 0 Å². The van der Waals surface area contributed by atoms with Crippen molar-refractivity contribution in [2.45, 2.75) is 6.04 Å². The predicted molar refractivity (Wildman–Crippen MR) is 99.5 cm³/mol. The molecule has 1 atom stereocenters. The number of nitrogens with one attached hydrogen (secondary N) is 1. The summed E-state index contributed by atoms with van der Waals surface area (Å²) in [4.78, 5) is 8.35. The normalized spacial score (nSPS) is 12.0. The standard InChI is InChI=1S/C21H16FN3O/c22-18-8-2-1-7-16(18)20(25-15-6-4-11-23-13-15)17-10-9-14-5-3-12-24-19(14)21(17)26/h1-13,20,25-26H/t20-/m1/s1. The molecule has 0 saturated carbocycles. The molecule has 0 spiro atoms. The molecule has 0 fully saturated rings. The van der Waals surface area contributed by atoms with Crippen molar-refractivity contribution < 1.29 is 9.50 Å². The molecule has 5 heteroatoms. The van der Waals surface area contributed by atoms with E-state index in [1.807, 2.05) is 24.3 Å². The molecule has 0 bridgehead atoms. The minimum Gasteiger partial charge on any atom is -0.505 e. The number of aromatic hydroxyl groups is 1. The van der Waals surface area contributed by atoms with Gasteiger partial charge in [-0.15, -0.1) is 0 Å². The summed E-state index contributed by atoms with van der Waals surface area (Å²) in [7, 11) is 0. The molecule has 128 valence electrons. The van der Waals surface area contributed by atoms with E-state index in [9.17, 15) is 9.50 Å². The Morgan fingerprint density at radius 3 is 2.54 bits per heavy atom. The predicted octanol–water partition coefficient (Wildman–Crippen LogP) is 4.68. The molecule has 0 amide bonds. The van der Waals surface area contributed by atoms with E-state index in [4.69, 9.17) is 0 Å². The third-order valence-electron chi connectivity index (χ3n) is 4.28. The van der Waals surface area contributed by atoms with Crippen LogP contribution in [-0.2, 0) is 0 Å². The van der Waals surface area contributed by atoms with Gasteiger partial charge in [-0.3, -0.25) is 9.97 Å². The Morgan fingerprint density at radius 1 is 0.885 bits per heavy atom. The molecule has 4 aromatic rings. The number of hydrogen-bond acceptors (Lipinski definition) is 4. The monoisotopic (exact) mass is 345 g/mol. The smallest absolute Gasteiger partial charge is 0.147 e. The molecule has 0 aliphatic heterocycles. The summed E-state index contributed by atoms with van der Waals surface area (Å²) in [6.07, 6.45) is 4.95. The van der Waals surface area contributed by atoms with Gasteiger partial charge < -0.3 is 10.4 Å². The first-order valence-corrected chi connectivity index (χ1v) is 8.21. The molecule has 0 aliphatic rings. The van der Waals surface area contributed by atoms with Crippen LogP contribution < -0.4 is 5.32 Å². The largest absolute Gasteiger partial charge is 0.505 e. The van der Waals surface area contributed by atoms with Crippen molar-refractivity contribution in [3.8, 4) is 5.75 Å². The lowest BCUT2D eigenvalue weighted by atomic mass is 9.95. The summed E-state index contributed by atoms with van der Waals surface area (Å²) in [5.74, 6) is -0.317. The quantitative estimate of drug-likeness (QED) is 0.564. The molecule has 2 N–H and O–H groups in total. The first kappa shape index (κ1) is 16.0. The van der Waals surface area contributed by atoms with Gasteiger partial charge in [0.05, 0.1) is 11.7 Å². The maximum atomic E-state index is 14.5. The van der Waals surface area contributed by atoms with Crippen molar-refractivity contribution in [1.29, 1.82) is 0 Å². The van der Waals surface area contributed by atoms with Crippen LogP contribution in [-0.4, -0.2) is 15.1 Å². The lowest BCUT2D eigenvalue weighted by Crippen LogP contribution is -2.14. The van der Waals surface area contributed by atoms with E-state index >= 15 is 0 Å². The Bertz CT molecular complexity index is 1050. The number of halogens is 1. The maximum absolute atomic E-state index is 14.5. The Morgan fingerprint density at radius 2 is 1.73 bits per heavy atom. The fraction of sp³-hybridized carbons (Fsp3) is 0.0476. The number of fused-ring (bicyclic) bond motifs is 1. The maximum Gasteiger partial charge on any atom is 0.147 e. The fourth-order valence-corrected chi connectivity index (χ4v) is 3.03. The van der Waals surface area contributed by atoms with E-state index in [1.165, 1.54) is 6.07 Å². The summed E-state index contributed by atoms with van der Waals surface area (Å²) < 4.78 is 14.5. The molecular weight excluding hydrogens is 329 g/mol. The number of hydrogen-bond donors (Lipinski definition) is 2. The van der Waals surface area contributed by atoms with Crippen LogP contribution in [0, 0.1) is 5.82 Å². The molecule has 4 rings (SSSR count). The Kier molecular flexibility index (Phi) is 4.19. The number of phenolic OH excluding ortho intramolecular Hbond substituents is 1. The summed E-state index contributed by atoms with van der Waals surface area (Å²) in [6.45, 7) is 0. The van der Waals surface area contributed by atoms with Crippen LogP contribution in [0.2, 0.25) is 0 Å². The number of benzene rings is 2. The van der Waals surface area contributed by atoms with E-state index in [1.54, 1.807) is 48.9 Å². The summed E-state index contributed by atoms with van der Waals surface area (Å²) in [5.41, 5.74) is 2.19. The average Bonchev–Trinajstić information content (AvgIpc) is 2.68. The van der Waals surface area contributed by atoms with Crippen molar-refractivity contribution in [3.05, 3.63) is 96.2 Å². The van der Waals surface area contributed by atoms with Crippen LogP contribution in [0.1, 0.15) is 17.2 Å². The highest BCUT2D eigenvalue weighted by molar-refractivity contribution is 5.86. The first-order chi connectivity index (χ1) is 12.7. The topological polar surface area (TPSA) is 58.0 Å². The van der Waals surface area contributed by atoms with E-state index in [2.05, 4.69) is 15.3 Å². The SMILES string of the molecule is Oc1c([C@H](Nc2cccnc2)c2ccccc2F)ccc2cccnc12. The van der Waals surface area contributed by atoms with Crippen LogP contribution in [0.25, 0.3) is 10.9 Å². The minimum atomic E-state index is -0.591. The first-order valence-electron chi connectivity index (χ1n) is 8.21. The minimum absolute atomic E-state index is 0.0349. The van der Waals surface area contributed by atoms with E-state index in [0.717, 1.165) is 11.1 Å². The molecule has 2 heterocycles. The number of aromatic nitrogens is 2. The number of phenols is 1. The highest BCUT2D eigenvalue weighted by Gasteiger charge is 2.22. The zero-order valence-corrected chi connectivity index (χ0v) is 13.8. The number of nitrogens with zero attached hydrogens (tertiary/aromatic N) is 2. The summed E-state index contributed by atoms with van der Waals surface area (Å²) in [6, 6.07) is 16.9. The Labute approximate surface area is 150 Å².